The first kappa shape index (κ1) is 19.4. The Bertz CT molecular complexity index is 796. The minimum Gasteiger partial charge on any atom is -0.493 e. The van der Waals surface area contributed by atoms with E-state index >= 15 is 0 Å². The molecule has 0 saturated heterocycles. The van der Waals surface area contributed by atoms with Crippen LogP contribution in [-0.2, 0) is 4.79 Å². The van der Waals surface area contributed by atoms with Gasteiger partial charge in [-0.3, -0.25) is 9.59 Å². The van der Waals surface area contributed by atoms with Crippen LogP contribution in [-0.4, -0.2) is 25.0 Å². The molecule has 2 aromatic rings. The van der Waals surface area contributed by atoms with E-state index in [0.29, 0.717) is 23.5 Å². The molecular formula is C19H20F2N2O3. The van der Waals surface area contributed by atoms with Crippen LogP contribution in [0.15, 0.2) is 42.5 Å². The molecule has 138 valence electrons. The largest absolute Gasteiger partial charge is 0.493 e. The fourth-order valence-electron chi connectivity index (χ4n) is 2.35. The highest BCUT2D eigenvalue weighted by atomic mass is 19.2. The van der Waals surface area contributed by atoms with Crippen LogP contribution < -0.4 is 15.4 Å². The Kier molecular flexibility index (Phi) is 6.66. The van der Waals surface area contributed by atoms with Gasteiger partial charge in [0.25, 0.3) is 5.91 Å². The average molecular weight is 362 g/mol. The van der Waals surface area contributed by atoms with Crippen molar-refractivity contribution in [2.24, 2.45) is 0 Å². The summed E-state index contributed by atoms with van der Waals surface area (Å²) in [5.41, 5.74) is 0.751. The molecule has 1 unspecified atom stereocenters. The number of carbonyl (C=O) groups is 2. The summed E-state index contributed by atoms with van der Waals surface area (Å²) < 4.78 is 31.6. The van der Waals surface area contributed by atoms with Gasteiger partial charge in [0.1, 0.15) is 5.75 Å². The summed E-state index contributed by atoms with van der Waals surface area (Å²) in [5, 5.41) is 5.13. The molecule has 0 heterocycles. The molecule has 7 heteroatoms. The van der Waals surface area contributed by atoms with Gasteiger partial charge in [-0.25, -0.2) is 8.78 Å². The Morgan fingerprint density at radius 3 is 2.54 bits per heavy atom. The molecule has 2 rings (SSSR count). The van der Waals surface area contributed by atoms with E-state index in [1.54, 1.807) is 31.2 Å². The molecule has 2 aromatic carbocycles. The van der Waals surface area contributed by atoms with Crippen molar-refractivity contribution in [2.75, 3.05) is 13.2 Å². The van der Waals surface area contributed by atoms with Gasteiger partial charge in [0.05, 0.1) is 24.8 Å². The van der Waals surface area contributed by atoms with Gasteiger partial charge >= 0.3 is 0 Å². The minimum absolute atomic E-state index is 0.257. The van der Waals surface area contributed by atoms with Crippen LogP contribution in [0.2, 0.25) is 0 Å². The smallest absolute Gasteiger partial charge is 0.255 e. The molecule has 0 aliphatic heterocycles. The monoisotopic (exact) mass is 362 g/mol. The zero-order valence-corrected chi connectivity index (χ0v) is 14.5. The number of ether oxygens (including phenoxy) is 1. The molecule has 0 aliphatic rings. The summed E-state index contributed by atoms with van der Waals surface area (Å²) in [7, 11) is 0. The van der Waals surface area contributed by atoms with Gasteiger partial charge in [-0.2, -0.15) is 0 Å². The zero-order valence-electron chi connectivity index (χ0n) is 14.5. The van der Waals surface area contributed by atoms with Crippen LogP contribution in [0.5, 0.6) is 5.75 Å². The second kappa shape index (κ2) is 8.94. The SMILES string of the molecule is CCOc1ccccc1C(=O)NCC(=O)NC(C)c1ccc(F)c(F)c1. The predicted molar refractivity (Wildman–Crippen MR) is 92.9 cm³/mol. The first-order valence-electron chi connectivity index (χ1n) is 8.16. The zero-order chi connectivity index (χ0) is 19.1. The molecule has 0 radical (unpaired) electrons. The van der Waals surface area contributed by atoms with E-state index in [4.69, 9.17) is 4.74 Å². The predicted octanol–water partition coefficient (Wildman–Crippen LogP) is 2.97. The lowest BCUT2D eigenvalue weighted by atomic mass is 10.1. The number of para-hydroxylation sites is 1. The number of benzene rings is 2. The first-order chi connectivity index (χ1) is 12.4. The molecule has 0 spiro atoms. The summed E-state index contributed by atoms with van der Waals surface area (Å²) in [6.07, 6.45) is 0. The molecule has 0 fully saturated rings. The fraction of sp³-hybridized carbons (Fsp3) is 0.263. The lowest BCUT2D eigenvalue weighted by Crippen LogP contribution is -2.38. The molecule has 2 N–H and O–H groups in total. The van der Waals surface area contributed by atoms with Crippen LogP contribution >= 0.6 is 0 Å². The molecule has 0 aliphatic carbocycles. The van der Waals surface area contributed by atoms with Crippen molar-refractivity contribution >= 4 is 11.8 Å². The van der Waals surface area contributed by atoms with Crippen molar-refractivity contribution in [1.82, 2.24) is 10.6 Å². The Morgan fingerprint density at radius 2 is 1.85 bits per heavy atom. The summed E-state index contributed by atoms with van der Waals surface area (Å²) in [4.78, 5) is 24.2. The molecular weight excluding hydrogens is 342 g/mol. The third-order valence-corrected chi connectivity index (χ3v) is 3.66. The van der Waals surface area contributed by atoms with E-state index in [1.165, 1.54) is 6.07 Å². The fourth-order valence-corrected chi connectivity index (χ4v) is 2.35. The van der Waals surface area contributed by atoms with Crippen molar-refractivity contribution in [2.45, 2.75) is 19.9 Å². The maximum atomic E-state index is 13.3. The lowest BCUT2D eigenvalue weighted by Gasteiger charge is -2.15. The summed E-state index contributed by atoms with van der Waals surface area (Å²) in [6.45, 7) is 3.60. The van der Waals surface area contributed by atoms with Gasteiger partial charge in [-0.1, -0.05) is 18.2 Å². The second-order valence-electron chi connectivity index (χ2n) is 5.57. The number of hydrogen-bond donors (Lipinski definition) is 2. The lowest BCUT2D eigenvalue weighted by molar-refractivity contribution is -0.120. The van der Waals surface area contributed by atoms with E-state index in [0.717, 1.165) is 12.1 Å². The third-order valence-electron chi connectivity index (χ3n) is 3.66. The number of carbonyl (C=O) groups excluding carboxylic acids is 2. The topological polar surface area (TPSA) is 67.4 Å². The second-order valence-corrected chi connectivity index (χ2v) is 5.57. The maximum absolute atomic E-state index is 13.3. The van der Waals surface area contributed by atoms with E-state index in [-0.39, 0.29) is 6.54 Å². The van der Waals surface area contributed by atoms with Crippen molar-refractivity contribution < 1.29 is 23.1 Å². The third kappa shape index (κ3) is 5.02. The van der Waals surface area contributed by atoms with Gasteiger partial charge < -0.3 is 15.4 Å². The van der Waals surface area contributed by atoms with E-state index in [9.17, 15) is 18.4 Å². The Hall–Kier alpha value is -2.96. The van der Waals surface area contributed by atoms with Gasteiger partial charge in [-0.15, -0.1) is 0 Å². The molecule has 0 aromatic heterocycles. The Morgan fingerprint density at radius 1 is 1.12 bits per heavy atom. The van der Waals surface area contributed by atoms with Crippen molar-refractivity contribution in [3.05, 3.63) is 65.2 Å². The highest BCUT2D eigenvalue weighted by Crippen LogP contribution is 2.18. The molecule has 0 saturated carbocycles. The van der Waals surface area contributed by atoms with Gasteiger partial charge in [-0.05, 0) is 43.7 Å². The van der Waals surface area contributed by atoms with Crippen LogP contribution in [0.4, 0.5) is 8.78 Å². The normalized spacial score (nSPS) is 11.5. The molecule has 2 amide bonds. The molecule has 5 nitrogen and oxygen atoms in total. The van der Waals surface area contributed by atoms with E-state index in [2.05, 4.69) is 10.6 Å². The highest BCUT2D eigenvalue weighted by Gasteiger charge is 2.15. The van der Waals surface area contributed by atoms with Gasteiger partial charge in [0.2, 0.25) is 5.91 Å². The quantitative estimate of drug-likeness (QED) is 0.796. The molecule has 26 heavy (non-hydrogen) atoms. The number of amides is 2. The number of hydrogen-bond acceptors (Lipinski definition) is 3. The standard InChI is InChI=1S/C19H20F2N2O3/c1-3-26-17-7-5-4-6-14(17)19(25)22-11-18(24)23-12(2)13-8-9-15(20)16(21)10-13/h4-10,12H,3,11H2,1-2H3,(H,22,25)(H,23,24). The van der Waals surface area contributed by atoms with E-state index < -0.39 is 29.5 Å². The summed E-state index contributed by atoms with van der Waals surface area (Å²) in [6, 6.07) is 9.59. The number of rotatable bonds is 7. The van der Waals surface area contributed by atoms with Crippen LogP contribution in [0.3, 0.4) is 0 Å². The van der Waals surface area contributed by atoms with Crippen LogP contribution in [0.1, 0.15) is 35.8 Å². The van der Waals surface area contributed by atoms with Crippen molar-refractivity contribution in [3.8, 4) is 5.75 Å². The van der Waals surface area contributed by atoms with Gasteiger partial charge in [0.15, 0.2) is 11.6 Å². The Labute approximate surface area is 150 Å². The van der Waals surface area contributed by atoms with Crippen LogP contribution in [0.25, 0.3) is 0 Å². The van der Waals surface area contributed by atoms with Gasteiger partial charge in [0, 0.05) is 0 Å². The first-order valence-corrected chi connectivity index (χ1v) is 8.16. The highest BCUT2D eigenvalue weighted by molar-refractivity contribution is 5.98. The average Bonchev–Trinajstić information content (AvgIpc) is 2.62. The summed E-state index contributed by atoms with van der Waals surface area (Å²) >= 11 is 0. The number of halogens is 2. The van der Waals surface area contributed by atoms with Crippen LogP contribution in [0, 0.1) is 11.6 Å². The van der Waals surface area contributed by atoms with E-state index in [1.807, 2.05) is 6.92 Å². The van der Waals surface area contributed by atoms with Crippen molar-refractivity contribution in [3.63, 3.8) is 0 Å². The summed E-state index contributed by atoms with van der Waals surface area (Å²) in [5.74, 6) is -2.39. The molecule has 0 bridgehead atoms. The number of nitrogens with one attached hydrogen (secondary N) is 2. The Balaban J connectivity index is 1.92. The molecule has 1 atom stereocenters. The van der Waals surface area contributed by atoms with Crippen molar-refractivity contribution in [1.29, 1.82) is 0 Å². The maximum Gasteiger partial charge on any atom is 0.255 e. The minimum atomic E-state index is -0.982.